The fourth-order valence-electron chi connectivity index (χ4n) is 3.64. The van der Waals surface area contributed by atoms with Gasteiger partial charge in [0.2, 0.25) is 5.91 Å². The van der Waals surface area contributed by atoms with Crippen molar-refractivity contribution in [1.82, 2.24) is 24.8 Å². The number of hydrogen-bond acceptors (Lipinski definition) is 4. The highest BCUT2D eigenvalue weighted by atomic mass is 16.2. The molecule has 0 saturated heterocycles. The summed E-state index contributed by atoms with van der Waals surface area (Å²) in [7, 11) is 1.79. The van der Waals surface area contributed by atoms with Crippen LogP contribution in [-0.4, -0.2) is 38.3 Å². The molecule has 2 amide bonds. The first-order valence-electron chi connectivity index (χ1n) is 10.5. The number of para-hydroxylation sites is 2. The lowest BCUT2D eigenvalue weighted by atomic mass is 10.2. The molecule has 4 aromatic rings. The molecular formula is C25H25N5O2. The lowest BCUT2D eigenvalue weighted by Crippen LogP contribution is -2.32. The number of fused-ring (bicyclic) bond motifs is 1. The van der Waals surface area contributed by atoms with E-state index < -0.39 is 6.04 Å². The topological polar surface area (TPSA) is 80.1 Å². The van der Waals surface area contributed by atoms with Crippen LogP contribution in [0.25, 0.3) is 11.0 Å². The van der Waals surface area contributed by atoms with Gasteiger partial charge in [-0.1, -0.05) is 42.5 Å². The number of nitrogens with one attached hydrogen (secondary N) is 1. The average Bonchev–Trinajstić information content (AvgIpc) is 3.18. The van der Waals surface area contributed by atoms with E-state index in [1.54, 1.807) is 36.5 Å². The van der Waals surface area contributed by atoms with Crippen LogP contribution in [0.5, 0.6) is 0 Å². The highest BCUT2D eigenvalue weighted by molar-refractivity contribution is 5.94. The number of aromatic nitrogens is 3. The largest absolute Gasteiger partial charge is 0.342 e. The average molecular weight is 428 g/mol. The minimum atomic E-state index is -0.393. The van der Waals surface area contributed by atoms with Crippen LogP contribution in [-0.2, 0) is 17.9 Å². The van der Waals surface area contributed by atoms with Crippen LogP contribution in [0.2, 0.25) is 0 Å². The molecule has 0 radical (unpaired) electrons. The van der Waals surface area contributed by atoms with Gasteiger partial charge in [0.05, 0.1) is 17.1 Å². The third-order valence-electron chi connectivity index (χ3n) is 5.34. The molecule has 32 heavy (non-hydrogen) atoms. The van der Waals surface area contributed by atoms with Crippen molar-refractivity contribution in [3.05, 3.63) is 96.1 Å². The number of rotatable bonds is 7. The first-order chi connectivity index (χ1) is 15.5. The van der Waals surface area contributed by atoms with Gasteiger partial charge in [-0.05, 0) is 36.8 Å². The molecule has 0 spiro atoms. The van der Waals surface area contributed by atoms with Crippen molar-refractivity contribution in [3.63, 3.8) is 0 Å². The molecule has 0 aliphatic rings. The summed E-state index contributed by atoms with van der Waals surface area (Å²) in [4.78, 5) is 36.1. The second-order valence-corrected chi connectivity index (χ2v) is 7.71. The first kappa shape index (κ1) is 21.2. The summed E-state index contributed by atoms with van der Waals surface area (Å²) in [6.07, 6.45) is 3.16. The quantitative estimate of drug-likeness (QED) is 0.489. The molecule has 0 fully saturated rings. The molecule has 1 unspecified atom stereocenters. The van der Waals surface area contributed by atoms with Gasteiger partial charge in [-0.15, -0.1) is 0 Å². The number of pyridine rings is 1. The van der Waals surface area contributed by atoms with Crippen LogP contribution >= 0.6 is 0 Å². The summed E-state index contributed by atoms with van der Waals surface area (Å²) in [5, 5.41) is 2.98. The van der Waals surface area contributed by atoms with Gasteiger partial charge in [0, 0.05) is 31.5 Å². The second-order valence-electron chi connectivity index (χ2n) is 7.71. The van der Waals surface area contributed by atoms with Gasteiger partial charge in [-0.25, -0.2) is 4.98 Å². The highest BCUT2D eigenvalue weighted by Crippen LogP contribution is 2.21. The van der Waals surface area contributed by atoms with E-state index in [1.165, 1.54) is 0 Å². The molecule has 0 aliphatic carbocycles. The molecule has 2 heterocycles. The molecule has 2 aromatic carbocycles. The van der Waals surface area contributed by atoms with Gasteiger partial charge >= 0.3 is 0 Å². The molecule has 1 atom stereocenters. The summed E-state index contributed by atoms with van der Waals surface area (Å²) in [6, 6.07) is 20.5. The van der Waals surface area contributed by atoms with Crippen LogP contribution in [0.1, 0.15) is 34.7 Å². The fraction of sp³-hybridized carbons (Fsp3) is 0.200. The third-order valence-corrected chi connectivity index (χ3v) is 5.34. The number of hydrogen-bond donors (Lipinski definition) is 1. The number of carbonyl (C=O) groups excluding carboxylic acids is 2. The first-order valence-corrected chi connectivity index (χ1v) is 10.5. The smallest absolute Gasteiger partial charge is 0.251 e. The summed E-state index contributed by atoms with van der Waals surface area (Å²) >= 11 is 0. The number of imidazole rings is 1. The summed E-state index contributed by atoms with van der Waals surface area (Å²) < 4.78 is 1.89. The van der Waals surface area contributed by atoms with Crippen LogP contribution in [0, 0.1) is 0 Å². The van der Waals surface area contributed by atoms with Crippen LogP contribution in [0.15, 0.2) is 79.1 Å². The number of carbonyl (C=O) groups is 2. The van der Waals surface area contributed by atoms with E-state index in [0.29, 0.717) is 17.9 Å². The standard InChI is InChI=1S/C25H25N5O2/c1-18(27-25(32)20-12-14-26-15-13-20)24-28-21-10-6-7-11-22(21)30(24)17-23(31)29(2)16-19-8-4-3-5-9-19/h3-15,18H,16-17H2,1-2H3,(H,27,32). The molecular weight excluding hydrogens is 402 g/mol. The maximum absolute atomic E-state index is 13.1. The molecule has 0 bridgehead atoms. The van der Waals surface area contributed by atoms with E-state index in [1.807, 2.05) is 66.1 Å². The molecule has 4 rings (SSSR count). The van der Waals surface area contributed by atoms with Crippen LogP contribution in [0.4, 0.5) is 0 Å². The van der Waals surface area contributed by atoms with Crippen molar-refractivity contribution < 1.29 is 9.59 Å². The van der Waals surface area contributed by atoms with Gasteiger partial charge in [-0.3, -0.25) is 14.6 Å². The molecule has 7 nitrogen and oxygen atoms in total. The molecule has 162 valence electrons. The van der Waals surface area contributed by atoms with Gasteiger partial charge in [-0.2, -0.15) is 0 Å². The predicted molar refractivity (Wildman–Crippen MR) is 123 cm³/mol. The Morgan fingerprint density at radius 1 is 1.00 bits per heavy atom. The van der Waals surface area contributed by atoms with Crippen molar-refractivity contribution in [1.29, 1.82) is 0 Å². The zero-order valence-corrected chi connectivity index (χ0v) is 18.1. The van der Waals surface area contributed by atoms with Crippen molar-refractivity contribution in [2.45, 2.75) is 26.1 Å². The molecule has 1 N–H and O–H groups in total. The Balaban J connectivity index is 1.57. The Morgan fingerprint density at radius 3 is 2.44 bits per heavy atom. The molecule has 0 aliphatic heterocycles. The SMILES string of the molecule is CC(NC(=O)c1ccncc1)c1nc2ccccc2n1CC(=O)N(C)Cc1ccccc1. The van der Waals surface area contributed by atoms with Crippen LogP contribution in [0.3, 0.4) is 0 Å². The molecule has 2 aromatic heterocycles. The van der Waals surface area contributed by atoms with Gasteiger partial charge in [0.25, 0.3) is 5.91 Å². The predicted octanol–water partition coefficient (Wildman–Crippen LogP) is 3.58. The monoisotopic (exact) mass is 427 g/mol. The van der Waals surface area contributed by atoms with Crippen LogP contribution < -0.4 is 5.32 Å². The Labute approximate surface area is 186 Å². The van der Waals surface area contributed by atoms with Gasteiger partial charge < -0.3 is 14.8 Å². The Hall–Kier alpha value is -4.00. The van der Waals surface area contributed by atoms with Crippen molar-refractivity contribution in [2.24, 2.45) is 0 Å². The lowest BCUT2D eigenvalue weighted by molar-refractivity contribution is -0.131. The minimum Gasteiger partial charge on any atom is -0.342 e. The maximum atomic E-state index is 13.1. The van der Waals surface area contributed by atoms with E-state index >= 15 is 0 Å². The third kappa shape index (κ3) is 4.67. The number of likely N-dealkylation sites (N-methyl/N-ethyl adjacent to an activating group) is 1. The van der Waals surface area contributed by atoms with E-state index in [2.05, 4.69) is 10.3 Å². The summed E-state index contributed by atoms with van der Waals surface area (Å²) in [5.41, 5.74) is 3.23. The van der Waals surface area contributed by atoms with E-state index in [9.17, 15) is 9.59 Å². The van der Waals surface area contributed by atoms with E-state index in [4.69, 9.17) is 4.98 Å². The number of nitrogens with zero attached hydrogens (tertiary/aromatic N) is 4. The lowest BCUT2D eigenvalue weighted by Gasteiger charge is -2.20. The summed E-state index contributed by atoms with van der Waals surface area (Å²) in [6.45, 7) is 2.53. The van der Waals surface area contributed by atoms with Crippen molar-refractivity contribution in [3.8, 4) is 0 Å². The number of amides is 2. The van der Waals surface area contributed by atoms with Crippen molar-refractivity contribution in [2.75, 3.05) is 7.05 Å². The molecule has 7 heteroatoms. The van der Waals surface area contributed by atoms with E-state index in [-0.39, 0.29) is 18.4 Å². The highest BCUT2D eigenvalue weighted by Gasteiger charge is 2.21. The maximum Gasteiger partial charge on any atom is 0.251 e. The summed E-state index contributed by atoms with van der Waals surface area (Å²) in [5.74, 6) is 0.381. The van der Waals surface area contributed by atoms with E-state index in [0.717, 1.165) is 16.6 Å². The second kappa shape index (κ2) is 9.43. The molecule has 0 saturated carbocycles. The number of benzene rings is 2. The Morgan fingerprint density at radius 2 is 1.69 bits per heavy atom. The normalized spacial score (nSPS) is 11.8. The van der Waals surface area contributed by atoms with Gasteiger partial charge in [0.15, 0.2) is 0 Å². The fourth-order valence-corrected chi connectivity index (χ4v) is 3.64. The minimum absolute atomic E-state index is 0.0362. The Bertz CT molecular complexity index is 1220. The Kier molecular flexibility index (Phi) is 6.26. The van der Waals surface area contributed by atoms with Crippen molar-refractivity contribution >= 4 is 22.8 Å². The zero-order chi connectivity index (χ0) is 22.5. The van der Waals surface area contributed by atoms with Gasteiger partial charge in [0.1, 0.15) is 12.4 Å². The zero-order valence-electron chi connectivity index (χ0n) is 18.1.